The molecule has 1 aliphatic heterocycles. The molecule has 1 aromatic heterocycles. The largest absolute Gasteiger partial charge is 0.357 e. The Hall–Kier alpha value is -1.09. The van der Waals surface area contributed by atoms with E-state index in [-0.39, 0.29) is 0 Å². The Kier molecular flexibility index (Phi) is 4.56. The third-order valence-corrected chi connectivity index (χ3v) is 4.71. The van der Waals surface area contributed by atoms with Gasteiger partial charge in [-0.1, -0.05) is 13.0 Å². The highest BCUT2D eigenvalue weighted by Crippen LogP contribution is 2.26. The number of hydrogen-bond acceptors (Lipinski definition) is 3. The number of piperidine rings is 1. The van der Waals surface area contributed by atoms with Gasteiger partial charge >= 0.3 is 0 Å². The third-order valence-electron chi connectivity index (χ3n) is 4.71. The Morgan fingerprint density at radius 1 is 1.25 bits per heavy atom. The molecular formula is C17H27N3. The van der Waals surface area contributed by atoms with Gasteiger partial charge in [-0.15, -0.1) is 0 Å². The van der Waals surface area contributed by atoms with Gasteiger partial charge in [0.05, 0.1) is 0 Å². The number of hydrogen-bond donors (Lipinski definition) is 1. The van der Waals surface area contributed by atoms with Crippen molar-refractivity contribution < 1.29 is 0 Å². The molecule has 1 aliphatic carbocycles. The van der Waals surface area contributed by atoms with E-state index in [1.54, 1.807) is 0 Å². The second-order valence-corrected chi connectivity index (χ2v) is 6.26. The first-order valence-corrected chi connectivity index (χ1v) is 8.31. The summed E-state index contributed by atoms with van der Waals surface area (Å²) in [7, 11) is 0. The number of anilines is 1. The molecule has 0 bridgehead atoms. The van der Waals surface area contributed by atoms with E-state index < -0.39 is 0 Å². The van der Waals surface area contributed by atoms with E-state index >= 15 is 0 Å². The second kappa shape index (κ2) is 6.57. The van der Waals surface area contributed by atoms with Gasteiger partial charge in [0, 0.05) is 18.8 Å². The van der Waals surface area contributed by atoms with Gasteiger partial charge in [-0.25, -0.2) is 4.98 Å². The number of nitrogens with one attached hydrogen (secondary N) is 1. The molecule has 0 amide bonds. The Labute approximate surface area is 122 Å². The Morgan fingerprint density at radius 2 is 2.10 bits per heavy atom. The van der Waals surface area contributed by atoms with Gasteiger partial charge < -0.3 is 10.2 Å². The van der Waals surface area contributed by atoms with Crippen molar-refractivity contribution in [2.24, 2.45) is 5.92 Å². The molecule has 3 nitrogen and oxygen atoms in total. The lowest BCUT2D eigenvalue weighted by atomic mass is 9.96. The highest BCUT2D eigenvalue weighted by Gasteiger charge is 2.21. The van der Waals surface area contributed by atoms with E-state index in [0.717, 1.165) is 12.5 Å². The van der Waals surface area contributed by atoms with Crippen LogP contribution in [0.15, 0.2) is 12.1 Å². The van der Waals surface area contributed by atoms with Crippen molar-refractivity contribution in [3.05, 3.63) is 23.4 Å². The van der Waals surface area contributed by atoms with Crippen molar-refractivity contribution in [1.82, 2.24) is 10.3 Å². The van der Waals surface area contributed by atoms with Crippen molar-refractivity contribution in [2.45, 2.75) is 45.4 Å². The number of fused-ring (bicyclic) bond motifs is 1. The van der Waals surface area contributed by atoms with E-state index in [2.05, 4.69) is 29.3 Å². The lowest BCUT2D eigenvalue weighted by Gasteiger charge is -2.33. The Morgan fingerprint density at radius 3 is 2.90 bits per heavy atom. The lowest BCUT2D eigenvalue weighted by molar-refractivity contribution is 0.382. The molecule has 0 spiro atoms. The van der Waals surface area contributed by atoms with Crippen LogP contribution < -0.4 is 10.2 Å². The maximum absolute atomic E-state index is 4.89. The highest BCUT2D eigenvalue weighted by molar-refractivity contribution is 5.43. The lowest BCUT2D eigenvalue weighted by Crippen LogP contribution is -2.37. The van der Waals surface area contributed by atoms with E-state index in [0.29, 0.717) is 0 Å². The molecule has 20 heavy (non-hydrogen) atoms. The first-order valence-electron chi connectivity index (χ1n) is 8.31. The minimum atomic E-state index is 0.854. The van der Waals surface area contributed by atoms with Crippen LogP contribution in [0.4, 0.5) is 5.82 Å². The SMILES string of the molecule is CCCNCC1CCN(c2ccc3c(n2)CCC3)CC1. The fourth-order valence-electron chi connectivity index (χ4n) is 3.43. The molecule has 2 heterocycles. The first kappa shape index (κ1) is 13.9. The molecule has 1 fully saturated rings. The minimum absolute atomic E-state index is 0.854. The summed E-state index contributed by atoms with van der Waals surface area (Å²) in [4.78, 5) is 7.37. The normalized spacial score (nSPS) is 19.4. The molecule has 0 atom stereocenters. The van der Waals surface area contributed by atoms with Gasteiger partial charge in [0.1, 0.15) is 5.82 Å². The second-order valence-electron chi connectivity index (χ2n) is 6.26. The number of nitrogens with zero attached hydrogens (tertiary/aromatic N) is 2. The molecule has 0 radical (unpaired) electrons. The molecule has 3 rings (SSSR count). The van der Waals surface area contributed by atoms with Crippen molar-refractivity contribution in [3.63, 3.8) is 0 Å². The Bertz CT molecular complexity index is 436. The third kappa shape index (κ3) is 3.14. The number of rotatable bonds is 5. The van der Waals surface area contributed by atoms with Crippen LogP contribution in [0.1, 0.15) is 43.9 Å². The molecule has 3 heteroatoms. The summed E-state index contributed by atoms with van der Waals surface area (Å²) in [5, 5.41) is 3.56. The summed E-state index contributed by atoms with van der Waals surface area (Å²) < 4.78 is 0. The predicted molar refractivity (Wildman–Crippen MR) is 84.4 cm³/mol. The highest BCUT2D eigenvalue weighted by atomic mass is 15.2. The molecule has 0 aromatic carbocycles. The van der Waals surface area contributed by atoms with Crippen molar-refractivity contribution in [1.29, 1.82) is 0 Å². The molecular weight excluding hydrogens is 246 g/mol. The van der Waals surface area contributed by atoms with Gasteiger partial charge in [0.2, 0.25) is 0 Å². The van der Waals surface area contributed by atoms with Crippen LogP contribution in [0.25, 0.3) is 0 Å². The molecule has 2 aliphatic rings. The summed E-state index contributed by atoms with van der Waals surface area (Å²) >= 11 is 0. The summed E-state index contributed by atoms with van der Waals surface area (Å²) in [6.45, 7) is 6.93. The van der Waals surface area contributed by atoms with Crippen LogP contribution in [-0.2, 0) is 12.8 Å². The van der Waals surface area contributed by atoms with Gasteiger partial charge in [-0.2, -0.15) is 0 Å². The zero-order valence-corrected chi connectivity index (χ0v) is 12.7. The first-order chi connectivity index (χ1) is 9.86. The fourth-order valence-corrected chi connectivity index (χ4v) is 3.43. The van der Waals surface area contributed by atoms with Crippen LogP contribution in [-0.4, -0.2) is 31.2 Å². The van der Waals surface area contributed by atoms with Crippen LogP contribution in [0.5, 0.6) is 0 Å². The van der Waals surface area contributed by atoms with Crippen molar-refractivity contribution in [2.75, 3.05) is 31.1 Å². The molecule has 110 valence electrons. The summed E-state index contributed by atoms with van der Waals surface area (Å²) in [6.07, 6.45) is 7.54. The van der Waals surface area contributed by atoms with Crippen molar-refractivity contribution >= 4 is 5.82 Å². The quantitative estimate of drug-likeness (QED) is 0.836. The smallest absolute Gasteiger partial charge is 0.128 e. The number of aryl methyl sites for hydroxylation is 2. The van der Waals surface area contributed by atoms with E-state index in [1.165, 1.54) is 75.2 Å². The Balaban J connectivity index is 1.53. The zero-order chi connectivity index (χ0) is 13.8. The molecule has 1 aromatic rings. The van der Waals surface area contributed by atoms with E-state index in [4.69, 9.17) is 4.98 Å². The molecule has 0 unspecified atom stereocenters. The maximum Gasteiger partial charge on any atom is 0.128 e. The standard InChI is InChI=1S/C17H27N3/c1-2-10-18-13-14-8-11-20(12-9-14)17-7-6-15-4-3-5-16(15)19-17/h6-7,14,18H,2-5,8-13H2,1H3. The number of pyridine rings is 1. The summed E-state index contributed by atoms with van der Waals surface area (Å²) in [5.41, 5.74) is 2.83. The fraction of sp³-hybridized carbons (Fsp3) is 0.706. The zero-order valence-electron chi connectivity index (χ0n) is 12.7. The van der Waals surface area contributed by atoms with Crippen LogP contribution in [0, 0.1) is 5.92 Å². The van der Waals surface area contributed by atoms with E-state index in [9.17, 15) is 0 Å². The molecule has 1 saturated heterocycles. The van der Waals surface area contributed by atoms with Crippen molar-refractivity contribution in [3.8, 4) is 0 Å². The topological polar surface area (TPSA) is 28.2 Å². The molecule has 0 saturated carbocycles. The molecule has 1 N–H and O–H groups in total. The average Bonchev–Trinajstić information content (AvgIpc) is 2.96. The average molecular weight is 273 g/mol. The van der Waals surface area contributed by atoms with E-state index in [1.807, 2.05) is 0 Å². The number of aromatic nitrogens is 1. The van der Waals surface area contributed by atoms with Gasteiger partial charge in [0.15, 0.2) is 0 Å². The maximum atomic E-state index is 4.89. The van der Waals surface area contributed by atoms with Gasteiger partial charge in [0.25, 0.3) is 0 Å². The van der Waals surface area contributed by atoms with Crippen LogP contribution in [0.3, 0.4) is 0 Å². The summed E-state index contributed by atoms with van der Waals surface area (Å²) in [5.74, 6) is 2.07. The summed E-state index contributed by atoms with van der Waals surface area (Å²) in [6, 6.07) is 4.54. The van der Waals surface area contributed by atoms with Crippen LogP contribution in [0.2, 0.25) is 0 Å². The minimum Gasteiger partial charge on any atom is -0.357 e. The van der Waals surface area contributed by atoms with Gasteiger partial charge in [-0.05, 0) is 69.2 Å². The van der Waals surface area contributed by atoms with Crippen LogP contribution >= 0.6 is 0 Å². The monoisotopic (exact) mass is 273 g/mol. The van der Waals surface area contributed by atoms with Gasteiger partial charge in [-0.3, -0.25) is 0 Å². The predicted octanol–water partition coefficient (Wildman–Crippen LogP) is 2.79.